The lowest BCUT2D eigenvalue weighted by Crippen LogP contribution is -2.24. The number of ether oxygens (including phenoxy) is 3. The van der Waals surface area contributed by atoms with E-state index in [0.717, 1.165) is 21.9 Å². The zero-order chi connectivity index (χ0) is 19.9. The fraction of sp³-hybridized carbons (Fsp3) is 0.182. The number of benzene rings is 3. The second kappa shape index (κ2) is 8.90. The molecule has 0 aromatic heterocycles. The molecule has 0 heterocycles. The molecule has 28 heavy (non-hydrogen) atoms. The fourth-order valence-electron chi connectivity index (χ4n) is 2.81. The van der Waals surface area contributed by atoms with Gasteiger partial charge in [0.2, 0.25) is 0 Å². The van der Waals surface area contributed by atoms with Crippen LogP contribution in [0, 0.1) is 6.92 Å². The van der Waals surface area contributed by atoms with Gasteiger partial charge in [0.15, 0.2) is 18.1 Å². The lowest BCUT2D eigenvalue weighted by Gasteiger charge is -2.10. The number of aryl methyl sites for hydroxylation is 1. The van der Waals surface area contributed by atoms with E-state index in [1.165, 1.54) is 0 Å². The van der Waals surface area contributed by atoms with E-state index < -0.39 is 0 Å². The normalized spacial score (nSPS) is 10.8. The van der Waals surface area contributed by atoms with Crippen LogP contribution in [0.4, 0.5) is 0 Å². The van der Waals surface area contributed by atoms with Crippen molar-refractivity contribution in [2.24, 2.45) is 5.10 Å². The maximum absolute atomic E-state index is 12.1. The number of amides is 1. The molecule has 6 nitrogen and oxygen atoms in total. The largest absolute Gasteiger partial charge is 0.493 e. The van der Waals surface area contributed by atoms with Gasteiger partial charge in [0.05, 0.1) is 20.4 Å². The van der Waals surface area contributed by atoms with Gasteiger partial charge in [-0.15, -0.1) is 0 Å². The summed E-state index contributed by atoms with van der Waals surface area (Å²) in [5.41, 5.74) is 4.24. The molecule has 0 fully saturated rings. The average Bonchev–Trinajstić information content (AvgIpc) is 2.73. The Balaban J connectivity index is 1.61. The van der Waals surface area contributed by atoms with Gasteiger partial charge in [-0.25, -0.2) is 5.43 Å². The number of carbonyl (C=O) groups is 1. The smallest absolute Gasteiger partial charge is 0.277 e. The third kappa shape index (κ3) is 4.40. The minimum Gasteiger partial charge on any atom is -0.493 e. The van der Waals surface area contributed by atoms with E-state index in [9.17, 15) is 4.79 Å². The highest BCUT2D eigenvalue weighted by Crippen LogP contribution is 2.29. The summed E-state index contributed by atoms with van der Waals surface area (Å²) in [4.78, 5) is 12.1. The third-order valence-corrected chi connectivity index (χ3v) is 4.27. The average molecular weight is 378 g/mol. The first kappa shape index (κ1) is 19.2. The summed E-state index contributed by atoms with van der Waals surface area (Å²) in [5, 5.41) is 6.03. The van der Waals surface area contributed by atoms with Crippen molar-refractivity contribution in [2.75, 3.05) is 20.8 Å². The van der Waals surface area contributed by atoms with Gasteiger partial charge >= 0.3 is 0 Å². The molecule has 3 aromatic carbocycles. The summed E-state index contributed by atoms with van der Waals surface area (Å²) in [6.07, 6.45) is 1.56. The van der Waals surface area contributed by atoms with E-state index in [1.54, 1.807) is 26.5 Å². The highest BCUT2D eigenvalue weighted by atomic mass is 16.5. The van der Waals surface area contributed by atoms with Crippen molar-refractivity contribution in [2.45, 2.75) is 6.92 Å². The molecule has 1 N–H and O–H groups in total. The number of nitrogens with zero attached hydrogens (tertiary/aromatic N) is 1. The third-order valence-electron chi connectivity index (χ3n) is 4.27. The van der Waals surface area contributed by atoms with Crippen molar-refractivity contribution in [3.8, 4) is 17.2 Å². The van der Waals surface area contributed by atoms with Crippen LogP contribution >= 0.6 is 0 Å². The Morgan fingerprint density at radius 1 is 1.00 bits per heavy atom. The number of carbonyl (C=O) groups excluding carboxylic acids is 1. The van der Waals surface area contributed by atoms with Gasteiger partial charge in [0.25, 0.3) is 5.91 Å². The van der Waals surface area contributed by atoms with Crippen LogP contribution in [0.2, 0.25) is 0 Å². The zero-order valence-corrected chi connectivity index (χ0v) is 16.1. The lowest BCUT2D eigenvalue weighted by molar-refractivity contribution is -0.123. The van der Waals surface area contributed by atoms with Crippen LogP contribution < -0.4 is 19.6 Å². The summed E-state index contributed by atoms with van der Waals surface area (Å²) in [6.45, 7) is 1.80. The number of hydrogen-bond acceptors (Lipinski definition) is 5. The van der Waals surface area contributed by atoms with Crippen molar-refractivity contribution in [1.29, 1.82) is 0 Å². The summed E-state index contributed by atoms with van der Waals surface area (Å²) >= 11 is 0. The monoisotopic (exact) mass is 378 g/mol. The van der Waals surface area contributed by atoms with E-state index in [0.29, 0.717) is 17.2 Å². The van der Waals surface area contributed by atoms with Crippen LogP contribution in [-0.2, 0) is 4.79 Å². The molecule has 0 saturated heterocycles. The van der Waals surface area contributed by atoms with Crippen LogP contribution in [0.15, 0.2) is 59.7 Å². The number of rotatable bonds is 7. The molecule has 0 aliphatic carbocycles. The number of methoxy groups -OCH3 is 2. The van der Waals surface area contributed by atoms with Crippen molar-refractivity contribution < 1.29 is 19.0 Å². The predicted molar refractivity (Wildman–Crippen MR) is 109 cm³/mol. The molecule has 0 bridgehead atoms. The molecule has 0 radical (unpaired) electrons. The molecule has 1 amide bonds. The molecule has 0 aliphatic rings. The highest BCUT2D eigenvalue weighted by molar-refractivity contribution is 5.89. The minimum absolute atomic E-state index is 0.129. The van der Waals surface area contributed by atoms with Crippen LogP contribution in [0.1, 0.15) is 11.1 Å². The molecule has 3 rings (SSSR count). The first-order valence-electron chi connectivity index (χ1n) is 8.77. The molecular weight excluding hydrogens is 356 g/mol. The molecule has 0 saturated carbocycles. The van der Waals surface area contributed by atoms with Crippen LogP contribution in [0.5, 0.6) is 17.2 Å². The van der Waals surface area contributed by atoms with E-state index >= 15 is 0 Å². The maximum atomic E-state index is 12.1. The molecular formula is C22H22N2O4. The molecule has 3 aromatic rings. The molecule has 144 valence electrons. The van der Waals surface area contributed by atoms with Gasteiger partial charge in [-0.1, -0.05) is 36.4 Å². The number of fused-ring (bicyclic) bond motifs is 1. The van der Waals surface area contributed by atoms with Crippen LogP contribution in [-0.4, -0.2) is 32.9 Å². The first-order chi connectivity index (χ1) is 13.6. The standard InChI is InChI=1S/C22H22N2O4/c1-15-11-20(26-2)21(27-3)12-17(15)13-23-24-22(25)14-28-19-10-6-8-16-7-4-5-9-18(16)19/h4-13H,14H2,1-3H3,(H,24,25). The Hall–Kier alpha value is -3.54. The second-order valence-electron chi connectivity index (χ2n) is 6.12. The van der Waals surface area contributed by atoms with Crippen LogP contribution in [0.25, 0.3) is 10.8 Å². The molecule has 0 aliphatic heterocycles. The van der Waals surface area contributed by atoms with Crippen molar-refractivity contribution in [3.63, 3.8) is 0 Å². The lowest BCUT2D eigenvalue weighted by atomic mass is 10.1. The second-order valence-corrected chi connectivity index (χ2v) is 6.12. The van der Waals surface area contributed by atoms with Gasteiger partial charge in [0, 0.05) is 10.9 Å². The zero-order valence-electron chi connectivity index (χ0n) is 16.1. The van der Waals surface area contributed by atoms with Gasteiger partial charge in [-0.3, -0.25) is 4.79 Å². The molecule has 0 unspecified atom stereocenters. The maximum Gasteiger partial charge on any atom is 0.277 e. The number of nitrogens with one attached hydrogen (secondary N) is 1. The van der Waals surface area contributed by atoms with Crippen molar-refractivity contribution in [1.82, 2.24) is 5.43 Å². The quantitative estimate of drug-likeness (QED) is 0.503. The highest BCUT2D eigenvalue weighted by Gasteiger charge is 2.08. The van der Waals surface area contributed by atoms with Gasteiger partial charge in [0.1, 0.15) is 5.75 Å². The number of hydrazone groups is 1. The van der Waals surface area contributed by atoms with E-state index in [1.807, 2.05) is 55.5 Å². The minimum atomic E-state index is -0.345. The van der Waals surface area contributed by atoms with E-state index in [4.69, 9.17) is 14.2 Å². The summed E-state index contributed by atoms with van der Waals surface area (Å²) in [6, 6.07) is 17.2. The van der Waals surface area contributed by atoms with Crippen molar-refractivity contribution >= 4 is 22.9 Å². The van der Waals surface area contributed by atoms with E-state index in [2.05, 4.69) is 10.5 Å². The van der Waals surface area contributed by atoms with Gasteiger partial charge in [-0.2, -0.15) is 5.10 Å². The fourth-order valence-corrected chi connectivity index (χ4v) is 2.81. The Morgan fingerprint density at radius 3 is 2.50 bits per heavy atom. The van der Waals surface area contributed by atoms with E-state index in [-0.39, 0.29) is 12.5 Å². The molecule has 6 heteroatoms. The topological polar surface area (TPSA) is 69.2 Å². The Bertz CT molecular complexity index is 1010. The Morgan fingerprint density at radius 2 is 1.71 bits per heavy atom. The van der Waals surface area contributed by atoms with Gasteiger partial charge in [-0.05, 0) is 36.1 Å². The molecule has 0 spiro atoms. The SMILES string of the molecule is COc1cc(C)c(C=NNC(=O)COc2cccc3ccccc23)cc1OC. The number of hydrogen-bond donors (Lipinski definition) is 1. The van der Waals surface area contributed by atoms with Gasteiger partial charge < -0.3 is 14.2 Å². The summed E-state index contributed by atoms with van der Waals surface area (Å²) in [5.74, 6) is 1.56. The van der Waals surface area contributed by atoms with Crippen LogP contribution in [0.3, 0.4) is 0 Å². The molecule has 0 atom stereocenters. The Labute approximate surface area is 163 Å². The first-order valence-corrected chi connectivity index (χ1v) is 8.77. The predicted octanol–water partition coefficient (Wildman–Crippen LogP) is 3.69. The Kier molecular flexibility index (Phi) is 6.11. The summed E-state index contributed by atoms with van der Waals surface area (Å²) < 4.78 is 16.2. The summed E-state index contributed by atoms with van der Waals surface area (Å²) in [7, 11) is 3.15. The van der Waals surface area contributed by atoms with Crippen molar-refractivity contribution in [3.05, 3.63) is 65.7 Å².